The normalized spacial score (nSPS) is 28.1. The average Bonchev–Trinajstić information content (AvgIpc) is 3.58. The van der Waals surface area contributed by atoms with Gasteiger partial charge in [0.15, 0.2) is 0 Å². The van der Waals surface area contributed by atoms with Crippen molar-refractivity contribution in [1.29, 1.82) is 0 Å². The monoisotopic (exact) mass is 452 g/mol. The van der Waals surface area contributed by atoms with Crippen molar-refractivity contribution in [2.45, 2.75) is 89.3 Å². The number of nitrogens with zero attached hydrogens (tertiary/aromatic N) is 3. The summed E-state index contributed by atoms with van der Waals surface area (Å²) in [7, 11) is 0. The van der Waals surface area contributed by atoms with Gasteiger partial charge >= 0.3 is 0 Å². The van der Waals surface area contributed by atoms with Gasteiger partial charge in [-0.1, -0.05) is 25.0 Å². The lowest BCUT2D eigenvalue weighted by Gasteiger charge is -2.33. The molecule has 4 fully saturated rings. The second-order valence-corrected chi connectivity index (χ2v) is 11.3. The molecule has 1 saturated carbocycles. The summed E-state index contributed by atoms with van der Waals surface area (Å²) >= 11 is 0. The second-order valence-electron chi connectivity index (χ2n) is 11.3. The van der Waals surface area contributed by atoms with Gasteiger partial charge in [-0.25, -0.2) is 0 Å². The summed E-state index contributed by atoms with van der Waals surface area (Å²) in [5, 5.41) is 3.31. The van der Waals surface area contributed by atoms with E-state index in [0.717, 1.165) is 56.5 Å². The molecule has 0 radical (unpaired) electrons. The number of nitrogens with one attached hydrogen (secondary N) is 1. The fraction of sp³-hybridized carbons (Fsp3) is 0.750. The molecule has 1 aliphatic carbocycles. The zero-order chi connectivity index (χ0) is 22.6. The molecule has 3 saturated heterocycles. The van der Waals surface area contributed by atoms with Crippen molar-refractivity contribution >= 4 is 11.6 Å². The van der Waals surface area contributed by atoms with Crippen LogP contribution in [0.25, 0.3) is 0 Å². The molecule has 0 aromatic heterocycles. The average molecular weight is 453 g/mol. The Labute approximate surface area is 200 Å². The van der Waals surface area contributed by atoms with E-state index in [1.807, 2.05) is 0 Å². The third kappa shape index (κ3) is 5.92. The maximum atomic E-state index is 12.7. The Kier molecular flexibility index (Phi) is 7.56. The third-order valence-electron chi connectivity index (χ3n) is 8.85. The van der Waals surface area contributed by atoms with Gasteiger partial charge in [-0.2, -0.15) is 0 Å². The summed E-state index contributed by atoms with van der Waals surface area (Å²) in [5.41, 5.74) is 2.43. The van der Waals surface area contributed by atoms with Crippen LogP contribution in [-0.4, -0.2) is 73.1 Å². The van der Waals surface area contributed by atoms with E-state index >= 15 is 0 Å². The molecule has 0 spiro atoms. The second kappa shape index (κ2) is 10.8. The van der Waals surface area contributed by atoms with Gasteiger partial charge in [0.05, 0.1) is 6.42 Å². The first kappa shape index (κ1) is 23.2. The Bertz CT molecular complexity index is 767. The highest BCUT2D eigenvalue weighted by Crippen LogP contribution is 2.29. The molecule has 5 nitrogen and oxygen atoms in total. The first-order valence-corrected chi connectivity index (χ1v) is 13.8. The number of hydrogen-bond acceptors (Lipinski definition) is 4. The largest absolute Gasteiger partial charge is 0.370 e. The van der Waals surface area contributed by atoms with Crippen LogP contribution in [0.1, 0.15) is 70.3 Å². The molecule has 0 unspecified atom stereocenters. The van der Waals surface area contributed by atoms with E-state index in [-0.39, 0.29) is 5.91 Å². The van der Waals surface area contributed by atoms with Crippen LogP contribution < -0.4 is 10.2 Å². The molecule has 3 aliphatic heterocycles. The van der Waals surface area contributed by atoms with Crippen molar-refractivity contribution in [2.24, 2.45) is 5.92 Å². The van der Waals surface area contributed by atoms with E-state index in [4.69, 9.17) is 0 Å². The van der Waals surface area contributed by atoms with E-state index in [1.54, 1.807) is 0 Å². The molecule has 182 valence electrons. The van der Waals surface area contributed by atoms with Gasteiger partial charge in [0, 0.05) is 56.5 Å². The topological polar surface area (TPSA) is 38.8 Å². The number of hydrogen-bond donors (Lipinski definition) is 1. The molecule has 4 aliphatic rings. The first-order chi connectivity index (χ1) is 16.1. The number of anilines is 1. The van der Waals surface area contributed by atoms with Crippen molar-refractivity contribution in [1.82, 2.24) is 15.1 Å². The van der Waals surface area contributed by atoms with E-state index in [1.165, 1.54) is 63.7 Å². The number of benzene rings is 1. The lowest BCUT2D eigenvalue weighted by Crippen LogP contribution is -2.46. The zero-order valence-electron chi connectivity index (χ0n) is 20.7. The number of likely N-dealkylation sites (tertiary alicyclic amines) is 2. The lowest BCUT2D eigenvalue weighted by atomic mass is 10.0. The SMILES string of the molecule is C[C@H]1CCCN1[C@H]1CCN(c2ccc(CC(=O)NC3CCN(CC4CCCC4)CC3)cc2)C1. The maximum absolute atomic E-state index is 12.7. The van der Waals surface area contributed by atoms with Crippen LogP contribution in [0, 0.1) is 5.92 Å². The number of rotatable bonds is 7. The highest BCUT2D eigenvalue weighted by Gasteiger charge is 2.33. The Hall–Kier alpha value is -1.59. The summed E-state index contributed by atoms with van der Waals surface area (Å²) < 4.78 is 0. The standard InChI is InChI=1S/C28H44N4O/c1-22-5-4-15-32(22)27-14-18-31(21-27)26-10-8-23(9-11-26)19-28(33)29-25-12-16-30(17-13-25)20-24-6-2-3-7-24/h8-11,22,24-25,27H,2-7,12-21H2,1H3,(H,29,33)/t22-,27-/m0/s1. The number of carbonyl (C=O) groups excluding carboxylic acids is 1. The van der Waals surface area contributed by atoms with Crippen molar-refractivity contribution in [2.75, 3.05) is 44.2 Å². The van der Waals surface area contributed by atoms with Crippen LogP contribution in [0.3, 0.4) is 0 Å². The van der Waals surface area contributed by atoms with Gasteiger partial charge < -0.3 is 15.1 Å². The molecule has 3 heterocycles. The minimum absolute atomic E-state index is 0.182. The lowest BCUT2D eigenvalue weighted by molar-refractivity contribution is -0.121. The van der Waals surface area contributed by atoms with Crippen molar-refractivity contribution in [3.63, 3.8) is 0 Å². The van der Waals surface area contributed by atoms with Crippen LogP contribution in [-0.2, 0) is 11.2 Å². The summed E-state index contributed by atoms with van der Waals surface area (Å²) in [6.45, 7) is 9.51. The van der Waals surface area contributed by atoms with Crippen LogP contribution in [0.5, 0.6) is 0 Å². The molecular weight excluding hydrogens is 408 g/mol. The van der Waals surface area contributed by atoms with Crippen LogP contribution in [0.4, 0.5) is 5.69 Å². The summed E-state index contributed by atoms with van der Waals surface area (Å²) in [6, 6.07) is 10.6. The van der Waals surface area contributed by atoms with Gasteiger partial charge in [-0.3, -0.25) is 9.69 Å². The fourth-order valence-corrected chi connectivity index (χ4v) is 6.85. The summed E-state index contributed by atoms with van der Waals surface area (Å²) in [5.74, 6) is 1.11. The molecule has 5 heteroatoms. The Morgan fingerprint density at radius 3 is 2.36 bits per heavy atom. The molecular formula is C28H44N4O. The number of amides is 1. The number of piperidine rings is 1. The van der Waals surface area contributed by atoms with E-state index < -0.39 is 0 Å². The van der Waals surface area contributed by atoms with Gasteiger partial charge in [0.1, 0.15) is 0 Å². The maximum Gasteiger partial charge on any atom is 0.224 e. The predicted molar refractivity (Wildman–Crippen MR) is 136 cm³/mol. The van der Waals surface area contributed by atoms with Gasteiger partial charge in [0.25, 0.3) is 0 Å². The minimum atomic E-state index is 0.182. The molecule has 5 rings (SSSR count). The van der Waals surface area contributed by atoms with Gasteiger partial charge in [0.2, 0.25) is 5.91 Å². The zero-order valence-corrected chi connectivity index (χ0v) is 20.7. The third-order valence-corrected chi connectivity index (χ3v) is 8.85. The molecule has 1 amide bonds. The Morgan fingerprint density at radius 2 is 1.67 bits per heavy atom. The Morgan fingerprint density at radius 1 is 0.909 bits per heavy atom. The quantitative estimate of drug-likeness (QED) is 0.677. The smallest absolute Gasteiger partial charge is 0.224 e. The van der Waals surface area contributed by atoms with E-state index in [0.29, 0.717) is 18.5 Å². The highest BCUT2D eigenvalue weighted by molar-refractivity contribution is 5.79. The summed E-state index contributed by atoms with van der Waals surface area (Å²) in [4.78, 5) is 20.5. The minimum Gasteiger partial charge on any atom is -0.370 e. The molecule has 1 aromatic rings. The highest BCUT2D eigenvalue weighted by atomic mass is 16.1. The van der Waals surface area contributed by atoms with Crippen LogP contribution >= 0.6 is 0 Å². The summed E-state index contributed by atoms with van der Waals surface area (Å²) in [6.07, 6.45) is 12.4. The van der Waals surface area contributed by atoms with Gasteiger partial charge in [-0.15, -0.1) is 0 Å². The molecule has 2 atom stereocenters. The Balaban J connectivity index is 1.04. The predicted octanol–water partition coefficient (Wildman–Crippen LogP) is 4.06. The van der Waals surface area contributed by atoms with Crippen LogP contribution in [0.15, 0.2) is 24.3 Å². The molecule has 33 heavy (non-hydrogen) atoms. The van der Waals surface area contributed by atoms with Gasteiger partial charge in [-0.05, 0) is 82.0 Å². The van der Waals surface area contributed by atoms with E-state index in [9.17, 15) is 4.79 Å². The van der Waals surface area contributed by atoms with Crippen molar-refractivity contribution in [3.8, 4) is 0 Å². The number of carbonyl (C=O) groups is 1. The molecule has 1 N–H and O–H groups in total. The fourth-order valence-electron chi connectivity index (χ4n) is 6.85. The van der Waals surface area contributed by atoms with Crippen LogP contribution in [0.2, 0.25) is 0 Å². The molecule has 1 aromatic carbocycles. The first-order valence-electron chi connectivity index (χ1n) is 13.8. The van der Waals surface area contributed by atoms with Crippen molar-refractivity contribution in [3.05, 3.63) is 29.8 Å². The van der Waals surface area contributed by atoms with E-state index in [2.05, 4.69) is 51.2 Å². The molecule has 0 bridgehead atoms. The van der Waals surface area contributed by atoms with Crippen molar-refractivity contribution < 1.29 is 4.79 Å².